The predicted octanol–water partition coefficient (Wildman–Crippen LogP) is 3.70. The van der Waals surface area contributed by atoms with Gasteiger partial charge in [0.15, 0.2) is 18.0 Å². The summed E-state index contributed by atoms with van der Waals surface area (Å²) in [7, 11) is 0. The van der Waals surface area contributed by atoms with Crippen LogP contribution in [0.3, 0.4) is 0 Å². The first-order chi connectivity index (χ1) is 16.3. The molecule has 0 aromatic rings. The summed E-state index contributed by atoms with van der Waals surface area (Å²) in [6.07, 6.45) is 6.04. The Labute approximate surface area is 211 Å². The van der Waals surface area contributed by atoms with E-state index in [9.17, 15) is 24.3 Å². The van der Waals surface area contributed by atoms with E-state index in [4.69, 9.17) is 21.1 Å². The third kappa shape index (κ3) is 3.41. The predicted molar refractivity (Wildman–Crippen MR) is 128 cm³/mol. The van der Waals surface area contributed by atoms with E-state index in [2.05, 4.69) is 0 Å². The number of aliphatic hydroxyl groups is 1. The fraction of sp³-hybridized carbons (Fsp3) is 0.704. The number of esters is 2. The summed E-state index contributed by atoms with van der Waals surface area (Å²) in [6, 6.07) is 0. The number of Topliss-reactive ketones (excluding diaryl/α,β-unsaturated/α-hetero) is 1. The van der Waals surface area contributed by atoms with Crippen LogP contribution in [0.1, 0.15) is 66.7 Å². The van der Waals surface area contributed by atoms with Gasteiger partial charge in [-0.25, -0.2) is 0 Å². The molecule has 0 saturated heterocycles. The van der Waals surface area contributed by atoms with Gasteiger partial charge in [-0.05, 0) is 49.7 Å². The highest BCUT2D eigenvalue weighted by atomic mass is 35.5. The largest absolute Gasteiger partial charge is 0.458 e. The number of rotatable bonds is 5. The number of hydrogen-bond donors (Lipinski definition) is 1. The number of allylic oxidation sites excluding steroid dienone is 4. The van der Waals surface area contributed by atoms with Crippen molar-refractivity contribution < 1.29 is 33.8 Å². The van der Waals surface area contributed by atoms with Crippen molar-refractivity contribution in [1.29, 1.82) is 0 Å². The molecule has 4 rings (SSSR count). The van der Waals surface area contributed by atoms with Crippen molar-refractivity contribution in [1.82, 2.24) is 0 Å². The summed E-state index contributed by atoms with van der Waals surface area (Å²) >= 11 is 7.46. The molecule has 0 amide bonds. The lowest BCUT2D eigenvalue weighted by Gasteiger charge is -2.64. The molecular formula is C27H35ClO7. The fourth-order valence-electron chi connectivity index (χ4n) is 7.92. The first-order valence-corrected chi connectivity index (χ1v) is 12.9. The Kier molecular flexibility index (Phi) is 6.37. The Morgan fingerprint density at radius 3 is 2.54 bits per heavy atom. The highest BCUT2D eigenvalue weighted by molar-refractivity contribution is 6.26. The lowest BCUT2D eigenvalue weighted by molar-refractivity contribution is -0.203. The van der Waals surface area contributed by atoms with Crippen LogP contribution in [0.15, 0.2) is 23.8 Å². The van der Waals surface area contributed by atoms with E-state index in [1.165, 1.54) is 13.0 Å². The maximum absolute atomic E-state index is 13.7. The van der Waals surface area contributed by atoms with Gasteiger partial charge >= 0.3 is 11.9 Å². The maximum Gasteiger partial charge on any atom is 0.306 e. The van der Waals surface area contributed by atoms with Crippen LogP contribution in [0.4, 0.5) is 0 Å². The minimum Gasteiger partial charge on any atom is -0.458 e. The number of carbonyl (C=O) groups excluding carboxylic acids is 4. The third-order valence-electron chi connectivity index (χ3n) is 9.57. The van der Waals surface area contributed by atoms with Gasteiger partial charge < -0.3 is 14.6 Å². The monoisotopic (exact) mass is 506 g/mol. The standard InChI is InChI=1S/C27H35ClO7/c1-6-23(33)35-27(22(32)14-34-16(3)29)15(2)11-20-19-8-7-17-12-18(30)9-10-24(17,4)26(19,28)21(31)13-25(20,27)5/h9-10,12,15,19-21,31H,6-8,11,13-14H2,1-5H3/t15-,19+,20+,21-,24-,25-,26-,27-/m0/s1. The average molecular weight is 507 g/mol. The first kappa shape index (κ1) is 26.1. The number of ether oxygens (including phenoxy) is 2. The molecule has 3 saturated carbocycles. The molecule has 7 nitrogen and oxygen atoms in total. The molecule has 0 spiro atoms. The quantitative estimate of drug-likeness (QED) is 0.447. The second kappa shape index (κ2) is 8.55. The fourth-order valence-corrected chi connectivity index (χ4v) is 8.45. The summed E-state index contributed by atoms with van der Waals surface area (Å²) in [6.45, 7) is 8.16. The molecular weight excluding hydrogens is 472 g/mol. The number of aliphatic hydroxyl groups excluding tert-OH is 1. The Balaban J connectivity index is 1.82. The van der Waals surface area contributed by atoms with E-state index in [0.717, 1.165) is 5.57 Å². The molecule has 4 aliphatic carbocycles. The lowest BCUT2D eigenvalue weighted by Crippen LogP contribution is -2.69. The number of fused-ring (bicyclic) bond motifs is 5. The van der Waals surface area contributed by atoms with Crippen LogP contribution in [0.5, 0.6) is 0 Å². The number of carbonyl (C=O) groups is 4. The topological polar surface area (TPSA) is 107 Å². The van der Waals surface area contributed by atoms with Gasteiger partial charge in [0.25, 0.3) is 0 Å². The van der Waals surface area contributed by atoms with Crippen molar-refractivity contribution in [2.45, 2.75) is 83.3 Å². The van der Waals surface area contributed by atoms with Crippen LogP contribution in [0, 0.1) is 28.6 Å². The highest BCUT2D eigenvalue weighted by Gasteiger charge is 2.76. The Morgan fingerprint density at radius 2 is 1.91 bits per heavy atom. The van der Waals surface area contributed by atoms with Crippen molar-refractivity contribution in [3.05, 3.63) is 23.8 Å². The molecule has 192 valence electrons. The number of alkyl halides is 1. The second-order valence-electron chi connectivity index (χ2n) is 11.2. The van der Waals surface area contributed by atoms with Crippen molar-refractivity contribution >= 4 is 35.1 Å². The van der Waals surface area contributed by atoms with E-state index in [-0.39, 0.29) is 36.4 Å². The summed E-state index contributed by atoms with van der Waals surface area (Å²) in [5, 5.41) is 11.7. The van der Waals surface area contributed by atoms with E-state index >= 15 is 0 Å². The molecule has 35 heavy (non-hydrogen) atoms. The number of halogens is 1. The smallest absolute Gasteiger partial charge is 0.306 e. The second-order valence-corrected chi connectivity index (χ2v) is 11.8. The Morgan fingerprint density at radius 1 is 1.23 bits per heavy atom. The molecule has 0 aromatic heterocycles. The maximum atomic E-state index is 13.7. The molecule has 8 atom stereocenters. The third-order valence-corrected chi connectivity index (χ3v) is 10.5. The van der Waals surface area contributed by atoms with Gasteiger partial charge in [0, 0.05) is 30.1 Å². The van der Waals surface area contributed by atoms with Crippen molar-refractivity contribution in [3.63, 3.8) is 0 Å². The Hall–Kier alpha value is -1.99. The molecule has 0 aromatic carbocycles. The lowest BCUT2D eigenvalue weighted by atomic mass is 9.45. The molecule has 0 aliphatic heterocycles. The summed E-state index contributed by atoms with van der Waals surface area (Å²) in [5.74, 6) is -2.34. The van der Waals surface area contributed by atoms with E-state index in [1.54, 1.807) is 13.0 Å². The summed E-state index contributed by atoms with van der Waals surface area (Å²) < 4.78 is 11.1. The van der Waals surface area contributed by atoms with Gasteiger partial charge in [0.2, 0.25) is 5.78 Å². The van der Waals surface area contributed by atoms with Gasteiger partial charge in [-0.3, -0.25) is 19.2 Å². The van der Waals surface area contributed by atoms with E-state index < -0.39 is 51.7 Å². The first-order valence-electron chi connectivity index (χ1n) is 12.5. The van der Waals surface area contributed by atoms with Crippen molar-refractivity contribution in [2.24, 2.45) is 28.6 Å². The minimum absolute atomic E-state index is 0.0811. The molecule has 0 radical (unpaired) electrons. The zero-order valence-electron chi connectivity index (χ0n) is 21.1. The van der Waals surface area contributed by atoms with Crippen LogP contribution in [0.25, 0.3) is 0 Å². The minimum atomic E-state index is -1.55. The van der Waals surface area contributed by atoms with Gasteiger partial charge in [0.05, 0.1) is 11.0 Å². The van der Waals surface area contributed by atoms with E-state index in [1.807, 2.05) is 26.8 Å². The van der Waals surface area contributed by atoms with Gasteiger partial charge in [0.1, 0.15) is 0 Å². The molecule has 0 bridgehead atoms. The molecule has 8 heteroatoms. The van der Waals surface area contributed by atoms with Crippen molar-refractivity contribution in [2.75, 3.05) is 6.61 Å². The van der Waals surface area contributed by atoms with Crippen LogP contribution < -0.4 is 0 Å². The van der Waals surface area contributed by atoms with Gasteiger partial charge in [-0.2, -0.15) is 0 Å². The molecule has 0 heterocycles. The highest BCUT2D eigenvalue weighted by Crippen LogP contribution is 2.72. The van der Waals surface area contributed by atoms with Crippen LogP contribution in [-0.4, -0.2) is 51.8 Å². The SMILES string of the molecule is CCC(=O)O[C@]1(C(=O)COC(C)=O)[C@@H](C)C[C@@H]2[C@H]3CCC4=CC(=O)C=C[C@]4(C)[C@@]3(Cl)[C@@H](O)C[C@@]21C. The molecule has 0 unspecified atom stereocenters. The Bertz CT molecular complexity index is 1030. The zero-order valence-corrected chi connectivity index (χ0v) is 21.8. The summed E-state index contributed by atoms with van der Waals surface area (Å²) in [4.78, 5) is 48.9. The average Bonchev–Trinajstić information content (AvgIpc) is 3.00. The van der Waals surface area contributed by atoms with Gasteiger partial charge in [-0.1, -0.05) is 39.3 Å². The van der Waals surface area contributed by atoms with Crippen molar-refractivity contribution in [3.8, 4) is 0 Å². The molecule has 1 N–H and O–H groups in total. The number of ketones is 2. The molecule has 3 fully saturated rings. The number of hydrogen-bond acceptors (Lipinski definition) is 7. The van der Waals surface area contributed by atoms with Gasteiger partial charge in [-0.15, -0.1) is 11.6 Å². The summed E-state index contributed by atoms with van der Waals surface area (Å²) in [5.41, 5.74) is -2.26. The van der Waals surface area contributed by atoms with Crippen LogP contribution in [0.2, 0.25) is 0 Å². The zero-order chi connectivity index (χ0) is 26.0. The van der Waals surface area contributed by atoms with Crippen LogP contribution >= 0.6 is 11.6 Å². The molecule has 4 aliphatic rings. The van der Waals surface area contributed by atoms with E-state index in [0.29, 0.717) is 19.3 Å². The van der Waals surface area contributed by atoms with Crippen LogP contribution in [-0.2, 0) is 28.7 Å². The normalized spacial score (nSPS) is 44.0.